The van der Waals surface area contributed by atoms with Crippen LogP contribution in [0, 0.1) is 22.0 Å². The molecule has 0 aromatic carbocycles. The van der Waals surface area contributed by atoms with Crippen molar-refractivity contribution in [2.75, 3.05) is 0 Å². The van der Waals surface area contributed by atoms with Crippen LogP contribution in [0.2, 0.25) is 0 Å². The molecule has 0 aliphatic rings. The summed E-state index contributed by atoms with van der Waals surface area (Å²) < 4.78 is 12.0. The van der Waals surface area contributed by atoms with Gasteiger partial charge in [0.15, 0.2) is 0 Å². The van der Waals surface area contributed by atoms with Crippen molar-refractivity contribution < 1.29 is 38.9 Å². The van der Waals surface area contributed by atoms with Crippen LogP contribution >= 0.6 is 0 Å². The number of nitrogens with zero attached hydrogens (tertiary/aromatic N) is 2. The van der Waals surface area contributed by atoms with E-state index in [1.54, 1.807) is 0 Å². The van der Waals surface area contributed by atoms with Gasteiger partial charge in [-0.15, -0.1) is 6.07 Å². The van der Waals surface area contributed by atoms with Crippen LogP contribution in [0.1, 0.15) is 0 Å². The first kappa shape index (κ1) is 10.5. The van der Waals surface area contributed by atoms with E-state index in [1.165, 1.54) is 0 Å². The average Bonchev–Trinajstić information content (AvgIpc) is 1.88. The first-order valence-corrected chi connectivity index (χ1v) is 2.38. The van der Waals surface area contributed by atoms with Crippen LogP contribution in [-0.4, -0.2) is 9.91 Å². The van der Waals surface area contributed by atoms with Crippen LogP contribution in [0.3, 0.4) is 0 Å². The third-order valence-corrected chi connectivity index (χ3v) is 0.822. The van der Waals surface area contributed by atoms with Crippen molar-refractivity contribution in [2.45, 2.75) is 0 Å². The quantitative estimate of drug-likeness (QED) is 0.207. The molecule has 0 N–H and O–H groups in total. The molecule has 0 amide bonds. The molecule has 1 aromatic rings. The maximum Gasteiger partial charge on any atom is 1.00 e. The molecule has 0 aliphatic heterocycles. The van der Waals surface area contributed by atoms with E-state index in [2.05, 4.69) is 11.1 Å². The Labute approximate surface area is 83.9 Å². The molecular weight excluding hydrogens is 162 g/mol. The molecule has 0 atom stereocenters. The number of hydrogen-bond acceptors (Lipinski definition) is 3. The molecular formula is C5H2FN2NaO2. The van der Waals surface area contributed by atoms with Crippen molar-refractivity contribution in [1.82, 2.24) is 4.98 Å². The van der Waals surface area contributed by atoms with Crippen molar-refractivity contribution in [3.63, 3.8) is 0 Å². The van der Waals surface area contributed by atoms with Crippen LogP contribution in [-0.2, 0) is 0 Å². The average molecular weight is 164 g/mol. The van der Waals surface area contributed by atoms with E-state index in [1.807, 2.05) is 0 Å². The Kier molecular flexibility index (Phi) is 4.17. The summed E-state index contributed by atoms with van der Waals surface area (Å²) in [6.45, 7) is 0. The summed E-state index contributed by atoms with van der Waals surface area (Å²) in [6, 6.07) is 2.92. The number of hydrogen-bond donors (Lipinski definition) is 0. The van der Waals surface area contributed by atoms with Crippen molar-refractivity contribution in [3.05, 3.63) is 34.3 Å². The Morgan fingerprint density at radius 3 is 2.73 bits per heavy atom. The maximum atomic E-state index is 12.0. The Morgan fingerprint density at radius 2 is 2.36 bits per heavy atom. The summed E-state index contributed by atoms with van der Waals surface area (Å²) in [6.07, 6.45) is 0.772. The van der Waals surface area contributed by atoms with Gasteiger partial charge in [0.25, 0.3) is 5.82 Å². The molecule has 0 fully saturated rings. The Morgan fingerprint density at radius 1 is 1.73 bits per heavy atom. The van der Waals surface area contributed by atoms with E-state index in [0.717, 1.165) is 12.3 Å². The molecule has 0 unspecified atom stereocenters. The van der Waals surface area contributed by atoms with Gasteiger partial charge in [-0.3, -0.25) is 0 Å². The minimum absolute atomic E-state index is 0. The van der Waals surface area contributed by atoms with Crippen molar-refractivity contribution >= 4 is 5.82 Å². The van der Waals surface area contributed by atoms with Gasteiger partial charge in [0.1, 0.15) is 0 Å². The van der Waals surface area contributed by atoms with Gasteiger partial charge >= 0.3 is 29.6 Å². The second kappa shape index (κ2) is 4.38. The van der Waals surface area contributed by atoms with Crippen LogP contribution in [0.25, 0.3) is 0 Å². The number of rotatable bonds is 1. The van der Waals surface area contributed by atoms with Crippen molar-refractivity contribution in [3.8, 4) is 0 Å². The van der Waals surface area contributed by atoms with E-state index in [9.17, 15) is 14.5 Å². The Hall–Kier alpha value is -0.520. The maximum absolute atomic E-state index is 12.0. The molecule has 1 rings (SSSR count). The first-order valence-electron chi connectivity index (χ1n) is 2.38. The SMILES string of the molecule is O=[N+]([O-])c1[c-]cc(F)cn1.[Na+]. The van der Waals surface area contributed by atoms with Crippen molar-refractivity contribution in [2.24, 2.45) is 0 Å². The monoisotopic (exact) mass is 164 g/mol. The molecule has 1 aromatic heterocycles. The van der Waals surface area contributed by atoms with Gasteiger partial charge in [0.2, 0.25) is 0 Å². The van der Waals surface area contributed by atoms with Gasteiger partial charge in [-0.25, -0.2) is 0 Å². The molecule has 0 bridgehead atoms. The summed E-state index contributed by atoms with van der Waals surface area (Å²) in [5.41, 5.74) is 0. The summed E-state index contributed by atoms with van der Waals surface area (Å²) in [4.78, 5) is 12.3. The van der Waals surface area contributed by atoms with Gasteiger partial charge in [0.05, 0.1) is 6.20 Å². The van der Waals surface area contributed by atoms with Crippen LogP contribution in [0.4, 0.5) is 10.2 Å². The summed E-state index contributed by atoms with van der Waals surface area (Å²) in [5.74, 6) is -1.10. The number of nitro groups is 1. The molecule has 11 heavy (non-hydrogen) atoms. The predicted octanol–water partition coefficient (Wildman–Crippen LogP) is -2.07. The second-order valence-corrected chi connectivity index (χ2v) is 1.51. The zero-order valence-corrected chi connectivity index (χ0v) is 7.74. The fourth-order valence-electron chi connectivity index (χ4n) is 0.431. The molecule has 4 nitrogen and oxygen atoms in total. The summed E-state index contributed by atoms with van der Waals surface area (Å²) in [5, 5.41) is 9.90. The van der Waals surface area contributed by atoms with E-state index in [-0.39, 0.29) is 29.6 Å². The van der Waals surface area contributed by atoms with Gasteiger partial charge in [0, 0.05) is 5.82 Å². The summed E-state index contributed by atoms with van der Waals surface area (Å²) >= 11 is 0. The summed E-state index contributed by atoms with van der Waals surface area (Å²) in [7, 11) is 0. The third-order valence-electron chi connectivity index (χ3n) is 0.822. The van der Waals surface area contributed by atoms with Gasteiger partial charge in [-0.05, 0) is 4.92 Å². The Bertz CT molecular complexity index is 251. The minimum atomic E-state index is -0.737. The van der Waals surface area contributed by atoms with E-state index in [0.29, 0.717) is 0 Å². The molecule has 0 saturated heterocycles. The van der Waals surface area contributed by atoms with E-state index >= 15 is 0 Å². The molecule has 0 saturated carbocycles. The Balaban J connectivity index is 0.000001000. The fraction of sp³-hybridized carbons (Fsp3) is 0. The molecule has 1 heterocycles. The number of halogens is 1. The normalized spacial score (nSPS) is 8.45. The third kappa shape index (κ3) is 2.92. The molecule has 0 spiro atoms. The van der Waals surface area contributed by atoms with E-state index < -0.39 is 16.6 Å². The standard InChI is InChI=1S/C5H2FN2O2.Na/c6-4-1-2-5(7-3-4)8(9)10;/h1,3H;/q-1;+1. The molecule has 0 radical (unpaired) electrons. The molecule has 0 aliphatic carbocycles. The van der Waals surface area contributed by atoms with Crippen LogP contribution in [0.15, 0.2) is 12.3 Å². The predicted molar refractivity (Wildman–Crippen MR) is 29.7 cm³/mol. The van der Waals surface area contributed by atoms with Crippen molar-refractivity contribution in [1.29, 1.82) is 0 Å². The van der Waals surface area contributed by atoms with Crippen LogP contribution in [0.5, 0.6) is 0 Å². The van der Waals surface area contributed by atoms with Crippen LogP contribution < -0.4 is 29.6 Å². The first-order chi connectivity index (χ1) is 4.70. The van der Waals surface area contributed by atoms with Gasteiger partial charge < -0.3 is 14.5 Å². The number of pyridine rings is 1. The fourth-order valence-corrected chi connectivity index (χ4v) is 0.431. The largest absolute Gasteiger partial charge is 1.00 e. The number of aromatic nitrogens is 1. The zero-order chi connectivity index (χ0) is 7.56. The topological polar surface area (TPSA) is 56.0 Å². The smallest absolute Gasteiger partial charge is 0.359 e. The van der Waals surface area contributed by atoms with Gasteiger partial charge in [-0.2, -0.15) is 6.07 Å². The van der Waals surface area contributed by atoms with E-state index in [4.69, 9.17) is 0 Å². The van der Waals surface area contributed by atoms with Gasteiger partial charge in [-0.1, -0.05) is 4.98 Å². The second-order valence-electron chi connectivity index (χ2n) is 1.51. The molecule has 6 heteroatoms. The molecule has 52 valence electrons. The minimum Gasteiger partial charge on any atom is -0.359 e. The zero-order valence-electron chi connectivity index (χ0n) is 5.74.